The van der Waals surface area contributed by atoms with Gasteiger partial charge < -0.3 is 0 Å². The van der Waals surface area contributed by atoms with Crippen LogP contribution in [0.4, 0.5) is 52.7 Å². The summed E-state index contributed by atoms with van der Waals surface area (Å²) in [4.78, 5) is 0. The van der Waals surface area contributed by atoms with Crippen LogP contribution in [0.3, 0.4) is 0 Å². The smallest absolute Gasteiger partial charge is 0.198 e. The van der Waals surface area contributed by atoms with Crippen molar-refractivity contribution in [2.45, 2.75) is 99.7 Å². The van der Waals surface area contributed by atoms with Crippen LogP contribution >= 0.6 is 0 Å². The highest BCUT2D eigenvalue weighted by molar-refractivity contribution is 5.40. The van der Waals surface area contributed by atoms with E-state index in [1.807, 2.05) is 12.1 Å². The average molecular weight is 643 g/mol. The van der Waals surface area contributed by atoms with E-state index in [-0.39, 0.29) is 36.1 Å². The molecule has 2 aliphatic rings. The second kappa shape index (κ2) is 12.5. The van der Waals surface area contributed by atoms with E-state index < -0.39 is 57.8 Å². The van der Waals surface area contributed by atoms with Gasteiger partial charge in [-0.05, 0) is 73.2 Å². The molecule has 0 spiro atoms. The van der Waals surface area contributed by atoms with Gasteiger partial charge in [0.15, 0.2) is 0 Å². The second-order valence-corrected chi connectivity index (χ2v) is 11.2. The number of nitriles is 2. The zero-order valence-electron chi connectivity index (χ0n) is 23.0. The first-order valence-corrected chi connectivity index (χ1v) is 13.5. The van der Waals surface area contributed by atoms with E-state index in [9.17, 15) is 52.7 Å². The summed E-state index contributed by atoms with van der Waals surface area (Å²) in [6, 6.07) is 7.10. The first-order chi connectivity index (χ1) is 20.2. The number of halogens is 12. The van der Waals surface area contributed by atoms with E-state index in [1.54, 1.807) is 0 Å². The van der Waals surface area contributed by atoms with E-state index in [2.05, 4.69) is 0 Å². The first kappa shape index (κ1) is 35.1. The van der Waals surface area contributed by atoms with Crippen molar-refractivity contribution in [3.05, 3.63) is 69.8 Å². The summed E-state index contributed by atoms with van der Waals surface area (Å²) >= 11 is 0. The van der Waals surface area contributed by atoms with E-state index >= 15 is 0 Å². The maximum Gasteiger partial charge on any atom is 0.416 e. The lowest BCUT2D eigenvalue weighted by Gasteiger charge is -2.28. The van der Waals surface area contributed by atoms with Gasteiger partial charge in [0.25, 0.3) is 0 Å². The predicted octanol–water partition coefficient (Wildman–Crippen LogP) is 10.9. The van der Waals surface area contributed by atoms with Gasteiger partial charge in [0.1, 0.15) is 0 Å². The van der Waals surface area contributed by atoms with Gasteiger partial charge in [0.2, 0.25) is 0 Å². The Bertz CT molecular complexity index is 1220. The molecule has 44 heavy (non-hydrogen) atoms. The minimum atomic E-state index is -4.86. The molecule has 2 fully saturated rings. The Morgan fingerprint density at radius 1 is 0.455 bits per heavy atom. The standard InChI is InChI=1S/2C15H13F6N/c2*16-14(17,18)11-7-10(8-12(9-11)15(19,20)21)13(5-6-22)3-1-2-4-13/h2*7-9H,1-5H2. The lowest BCUT2D eigenvalue weighted by atomic mass is 9.75. The molecule has 240 valence electrons. The van der Waals surface area contributed by atoms with Gasteiger partial charge in [0.05, 0.1) is 34.4 Å². The van der Waals surface area contributed by atoms with Crippen molar-refractivity contribution in [1.82, 2.24) is 0 Å². The van der Waals surface area contributed by atoms with E-state index in [1.165, 1.54) is 0 Å². The highest BCUT2D eigenvalue weighted by Crippen LogP contribution is 2.48. The molecule has 0 bridgehead atoms. The van der Waals surface area contributed by atoms with Crippen LogP contribution < -0.4 is 0 Å². The summed E-state index contributed by atoms with van der Waals surface area (Å²) in [7, 11) is 0. The van der Waals surface area contributed by atoms with Crippen LogP contribution in [0.2, 0.25) is 0 Å². The van der Waals surface area contributed by atoms with Crippen LogP contribution in [-0.4, -0.2) is 0 Å². The van der Waals surface area contributed by atoms with Crippen LogP contribution in [0.1, 0.15) is 97.6 Å². The molecule has 0 aromatic heterocycles. The third kappa shape index (κ3) is 7.99. The molecule has 2 saturated carbocycles. The molecule has 0 N–H and O–H groups in total. The Labute approximate surface area is 245 Å². The Balaban J connectivity index is 0.000000240. The number of rotatable bonds is 4. The van der Waals surface area contributed by atoms with Crippen molar-refractivity contribution in [2.24, 2.45) is 0 Å². The van der Waals surface area contributed by atoms with Crippen molar-refractivity contribution < 1.29 is 52.7 Å². The number of alkyl halides is 12. The molecule has 0 amide bonds. The molecule has 0 aliphatic heterocycles. The molecular formula is C30H26F12N2. The normalized spacial score (nSPS) is 18.2. The summed E-state index contributed by atoms with van der Waals surface area (Å²) in [5, 5.41) is 17.8. The first-order valence-electron chi connectivity index (χ1n) is 13.5. The summed E-state index contributed by atoms with van der Waals surface area (Å²) in [5.74, 6) is 0. The molecule has 0 saturated heterocycles. The van der Waals surface area contributed by atoms with Crippen LogP contribution in [0, 0.1) is 22.7 Å². The molecule has 14 heteroatoms. The lowest BCUT2D eigenvalue weighted by Crippen LogP contribution is -2.23. The van der Waals surface area contributed by atoms with Crippen molar-refractivity contribution >= 4 is 0 Å². The fourth-order valence-electron chi connectivity index (χ4n) is 6.06. The minimum Gasteiger partial charge on any atom is -0.198 e. The molecule has 0 unspecified atom stereocenters. The monoisotopic (exact) mass is 642 g/mol. The Kier molecular flexibility index (Phi) is 9.98. The van der Waals surface area contributed by atoms with Crippen molar-refractivity contribution in [3.63, 3.8) is 0 Å². The maximum absolute atomic E-state index is 12.9. The van der Waals surface area contributed by atoms with Crippen molar-refractivity contribution in [2.75, 3.05) is 0 Å². The largest absolute Gasteiger partial charge is 0.416 e. The Morgan fingerprint density at radius 3 is 0.864 bits per heavy atom. The predicted molar refractivity (Wildman–Crippen MR) is 134 cm³/mol. The quantitative estimate of drug-likeness (QED) is 0.312. The summed E-state index contributed by atoms with van der Waals surface area (Å²) < 4.78 is 155. The van der Waals surface area contributed by atoms with Crippen molar-refractivity contribution in [3.8, 4) is 12.1 Å². The summed E-state index contributed by atoms with van der Waals surface area (Å²) in [5.41, 5.74) is -7.15. The van der Waals surface area contributed by atoms with Gasteiger partial charge in [0, 0.05) is 23.7 Å². The second-order valence-electron chi connectivity index (χ2n) is 11.2. The van der Waals surface area contributed by atoms with Gasteiger partial charge in [-0.2, -0.15) is 63.2 Å². The molecule has 4 rings (SSSR count). The molecular weight excluding hydrogens is 616 g/mol. The molecule has 0 radical (unpaired) electrons. The third-order valence-corrected chi connectivity index (χ3v) is 8.36. The Hall–Kier alpha value is -3.42. The summed E-state index contributed by atoms with van der Waals surface area (Å²) in [6.45, 7) is 0. The zero-order chi connectivity index (χ0) is 33.2. The molecule has 2 aliphatic carbocycles. The number of nitrogens with zero attached hydrogens (tertiary/aromatic N) is 2. The van der Waals surface area contributed by atoms with E-state index in [0.29, 0.717) is 51.4 Å². The molecule has 0 atom stereocenters. The van der Waals surface area contributed by atoms with Crippen LogP contribution in [0.25, 0.3) is 0 Å². The molecule has 2 aromatic carbocycles. The highest BCUT2D eigenvalue weighted by Gasteiger charge is 2.43. The molecule has 2 nitrogen and oxygen atoms in total. The summed E-state index contributed by atoms with van der Waals surface area (Å²) in [6.07, 6.45) is -15.1. The van der Waals surface area contributed by atoms with Crippen LogP contribution in [-0.2, 0) is 35.5 Å². The molecule has 0 heterocycles. The lowest BCUT2D eigenvalue weighted by molar-refractivity contribution is -0.144. The average Bonchev–Trinajstić information content (AvgIpc) is 3.58. The molecule has 2 aromatic rings. The van der Waals surface area contributed by atoms with Gasteiger partial charge in [-0.3, -0.25) is 0 Å². The minimum absolute atomic E-state index is 0.0336. The van der Waals surface area contributed by atoms with Gasteiger partial charge in [-0.1, -0.05) is 25.7 Å². The van der Waals surface area contributed by atoms with Gasteiger partial charge in [-0.15, -0.1) is 0 Å². The third-order valence-electron chi connectivity index (χ3n) is 8.36. The van der Waals surface area contributed by atoms with Crippen LogP contribution in [0.5, 0.6) is 0 Å². The number of benzene rings is 2. The van der Waals surface area contributed by atoms with E-state index in [4.69, 9.17) is 10.5 Å². The van der Waals surface area contributed by atoms with Crippen LogP contribution in [0.15, 0.2) is 36.4 Å². The van der Waals surface area contributed by atoms with E-state index in [0.717, 1.165) is 24.3 Å². The maximum atomic E-state index is 12.9. The fraction of sp³-hybridized carbons (Fsp3) is 0.533. The SMILES string of the molecule is N#CCC1(c2cc(C(F)(F)F)cc(C(F)(F)F)c2)CCCC1.N#CCC1(c2cc(C(F)(F)F)cc(C(F)(F)F)c2)CCCC1. The van der Waals surface area contributed by atoms with Gasteiger partial charge in [-0.25, -0.2) is 0 Å². The fourth-order valence-corrected chi connectivity index (χ4v) is 6.06. The van der Waals surface area contributed by atoms with Crippen molar-refractivity contribution in [1.29, 1.82) is 10.5 Å². The van der Waals surface area contributed by atoms with Gasteiger partial charge >= 0.3 is 24.7 Å². The Morgan fingerprint density at radius 2 is 0.682 bits per heavy atom. The zero-order valence-corrected chi connectivity index (χ0v) is 23.0. The topological polar surface area (TPSA) is 47.6 Å². The highest BCUT2D eigenvalue weighted by atomic mass is 19.4. The number of hydrogen-bond acceptors (Lipinski definition) is 2. The number of hydrogen-bond donors (Lipinski definition) is 0.